The highest BCUT2D eigenvalue weighted by atomic mass is 32.2. The summed E-state index contributed by atoms with van der Waals surface area (Å²) >= 11 is 1.80. The molecular weight excluding hydrogens is 340 g/mol. The number of hydrogen-bond donors (Lipinski definition) is 0. The SMILES string of the molecule is CCN1/C(=C/C=C(\OC)c2ccccn2)Sc2ccc3ccccc3c21. The molecule has 0 atom stereocenters. The molecule has 0 fully saturated rings. The first-order chi connectivity index (χ1) is 12.8. The molecule has 0 saturated carbocycles. The summed E-state index contributed by atoms with van der Waals surface area (Å²) in [6.07, 6.45) is 5.90. The van der Waals surface area contributed by atoms with E-state index in [0.29, 0.717) is 0 Å². The van der Waals surface area contributed by atoms with Crippen molar-refractivity contribution in [3.05, 3.63) is 83.7 Å². The summed E-state index contributed by atoms with van der Waals surface area (Å²) in [7, 11) is 1.68. The average Bonchev–Trinajstić information content (AvgIpc) is 3.07. The number of allylic oxidation sites excluding steroid dienone is 2. The van der Waals surface area contributed by atoms with Gasteiger partial charge in [-0.15, -0.1) is 0 Å². The Morgan fingerprint density at radius 3 is 2.73 bits per heavy atom. The van der Waals surface area contributed by atoms with Crippen LogP contribution < -0.4 is 4.90 Å². The van der Waals surface area contributed by atoms with E-state index < -0.39 is 0 Å². The van der Waals surface area contributed by atoms with Gasteiger partial charge in [0.1, 0.15) is 11.5 Å². The van der Waals surface area contributed by atoms with E-state index in [0.717, 1.165) is 18.0 Å². The van der Waals surface area contributed by atoms with Crippen molar-refractivity contribution in [1.29, 1.82) is 0 Å². The van der Waals surface area contributed by atoms with Gasteiger partial charge >= 0.3 is 0 Å². The maximum absolute atomic E-state index is 5.54. The lowest BCUT2D eigenvalue weighted by Crippen LogP contribution is -2.16. The first kappa shape index (κ1) is 16.7. The lowest BCUT2D eigenvalue weighted by atomic mass is 10.1. The molecule has 130 valence electrons. The number of rotatable bonds is 4. The maximum atomic E-state index is 5.54. The molecule has 0 aliphatic carbocycles. The van der Waals surface area contributed by atoms with Gasteiger partial charge in [-0.05, 0) is 42.7 Å². The lowest BCUT2D eigenvalue weighted by Gasteiger charge is -2.19. The maximum Gasteiger partial charge on any atom is 0.144 e. The molecule has 0 amide bonds. The van der Waals surface area contributed by atoms with Crippen LogP contribution in [-0.2, 0) is 4.74 Å². The molecule has 0 bridgehead atoms. The van der Waals surface area contributed by atoms with Gasteiger partial charge in [0.15, 0.2) is 0 Å². The third kappa shape index (κ3) is 2.97. The number of anilines is 1. The van der Waals surface area contributed by atoms with Crippen LogP contribution in [0.15, 0.2) is 82.9 Å². The largest absolute Gasteiger partial charge is 0.494 e. The Balaban J connectivity index is 1.75. The standard InChI is InChI=1S/C22H20N2OS/c1-3-24-21(14-12-19(25-2)18-10-6-7-15-23-18)26-20-13-11-16-8-4-5-9-17(16)22(20)24/h4-15H,3H2,1-2H3/b19-12-,21-14-. The number of nitrogens with zero attached hydrogens (tertiary/aromatic N) is 2. The van der Waals surface area contributed by atoms with E-state index in [-0.39, 0.29) is 0 Å². The zero-order chi connectivity index (χ0) is 17.9. The van der Waals surface area contributed by atoms with Crippen molar-refractivity contribution in [2.45, 2.75) is 11.8 Å². The van der Waals surface area contributed by atoms with Crippen LogP contribution >= 0.6 is 11.8 Å². The minimum absolute atomic E-state index is 0.760. The van der Waals surface area contributed by atoms with Gasteiger partial charge in [0.05, 0.1) is 17.8 Å². The predicted molar refractivity (Wildman–Crippen MR) is 110 cm³/mol. The predicted octanol–water partition coefficient (Wildman–Crippen LogP) is 5.70. The summed E-state index contributed by atoms with van der Waals surface area (Å²) in [4.78, 5) is 8.03. The summed E-state index contributed by atoms with van der Waals surface area (Å²) in [5.41, 5.74) is 2.13. The smallest absolute Gasteiger partial charge is 0.144 e. The molecule has 1 aliphatic heterocycles. The molecular formula is C22H20N2OS. The van der Waals surface area contributed by atoms with Crippen molar-refractivity contribution >= 4 is 34.0 Å². The van der Waals surface area contributed by atoms with Gasteiger partial charge in [-0.2, -0.15) is 0 Å². The second-order valence-corrected chi connectivity index (χ2v) is 7.00. The Morgan fingerprint density at radius 1 is 1.12 bits per heavy atom. The fraction of sp³-hybridized carbons (Fsp3) is 0.136. The van der Waals surface area contributed by atoms with Crippen molar-refractivity contribution in [3.63, 3.8) is 0 Å². The van der Waals surface area contributed by atoms with Crippen LogP contribution in [0.5, 0.6) is 0 Å². The van der Waals surface area contributed by atoms with Crippen molar-refractivity contribution < 1.29 is 4.74 Å². The molecule has 1 aromatic heterocycles. The molecule has 3 aromatic rings. The van der Waals surface area contributed by atoms with E-state index in [1.807, 2.05) is 24.3 Å². The molecule has 0 spiro atoms. The van der Waals surface area contributed by atoms with Crippen LogP contribution in [0.3, 0.4) is 0 Å². The monoisotopic (exact) mass is 360 g/mol. The molecule has 0 saturated heterocycles. The first-order valence-corrected chi connectivity index (χ1v) is 9.48. The molecule has 1 aliphatic rings. The average molecular weight is 360 g/mol. The minimum atomic E-state index is 0.760. The minimum Gasteiger partial charge on any atom is -0.494 e. The Bertz CT molecular complexity index is 995. The van der Waals surface area contributed by atoms with E-state index in [9.17, 15) is 0 Å². The Morgan fingerprint density at radius 2 is 1.96 bits per heavy atom. The molecule has 26 heavy (non-hydrogen) atoms. The summed E-state index contributed by atoms with van der Waals surface area (Å²) < 4.78 is 5.54. The lowest BCUT2D eigenvalue weighted by molar-refractivity contribution is 0.368. The number of aromatic nitrogens is 1. The summed E-state index contributed by atoms with van der Waals surface area (Å²) in [5.74, 6) is 0.760. The van der Waals surface area contributed by atoms with Gasteiger partial charge in [-0.3, -0.25) is 4.98 Å². The van der Waals surface area contributed by atoms with Gasteiger partial charge in [0.2, 0.25) is 0 Å². The Kier molecular flexibility index (Phi) is 4.67. The van der Waals surface area contributed by atoms with Crippen molar-refractivity contribution in [1.82, 2.24) is 4.98 Å². The number of methoxy groups -OCH3 is 1. The zero-order valence-electron chi connectivity index (χ0n) is 14.8. The van der Waals surface area contributed by atoms with E-state index in [2.05, 4.69) is 59.3 Å². The van der Waals surface area contributed by atoms with E-state index in [1.54, 1.807) is 25.1 Å². The second kappa shape index (κ2) is 7.26. The highest BCUT2D eigenvalue weighted by Gasteiger charge is 2.25. The number of thioether (sulfide) groups is 1. The Hall–Kier alpha value is -2.72. The fourth-order valence-corrected chi connectivity index (χ4v) is 4.37. The van der Waals surface area contributed by atoms with Crippen molar-refractivity contribution in [2.75, 3.05) is 18.6 Å². The number of hydrogen-bond acceptors (Lipinski definition) is 4. The van der Waals surface area contributed by atoms with Gasteiger partial charge in [-0.25, -0.2) is 0 Å². The third-order valence-corrected chi connectivity index (χ3v) is 5.56. The van der Waals surface area contributed by atoms with Crippen LogP contribution in [0.4, 0.5) is 5.69 Å². The molecule has 3 nitrogen and oxygen atoms in total. The normalized spacial score (nSPS) is 15.5. The highest BCUT2D eigenvalue weighted by Crippen LogP contribution is 2.49. The van der Waals surface area contributed by atoms with Crippen LogP contribution in [0.1, 0.15) is 12.6 Å². The molecule has 0 radical (unpaired) electrons. The van der Waals surface area contributed by atoms with Crippen LogP contribution in [0.25, 0.3) is 16.5 Å². The van der Waals surface area contributed by atoms with Crippen molar-refractivity contribution in [3.8, 4) is 0 Å². The first-order valence-electron chi connectivity index (χ1n) is 8.66. The summed E-state index contributed by atoms with van der Waals surface area (Å²) in [6.45, 7) is 3.10. The molecule has 2 heterocycles. The van der Waals surface area contributed by atoms with Gasteiger partial charge in [0, 0.05) is 23.0 Å². The van der Waals surface area contributed by atoms with Crippen LogP contribution in [0.2, 0.25) is 0 Å². The molecule has 2 aromatic carbocycles. The van der Waals surface area contributed by atoms with E-state index in [1.165, 1.54) is 26.4 Å². The summed E-state index contributed by atoms with van der Waals surface area (Å²) in [6, 6.07) is 18.8. The molecule has 0 unspecified atom stereocenters. The quantitative estimate of drug-likeness (QED) is 0.558. The van der Waals surface area contributed by atoms with Gasteiger partial charge < -0.3 is 9.64 Å². The number of fused-ring (bicyclic) bond motifs is 3. The highest BCUT2D eigenvalue weighted by molar-refractivity contribution is 8.03. The van der Waals surface area contributed by atoms with Crippen LogP contribution in [-0.4, -0.2) is 18.6 Å². The second-order valence-electron chi connectivity index (χ2n) is 5.93. The topological polar surface area (TPSA) is 25.4 Å². The zero-order valence-corrected chi connectivity index (χ0v) is 15.7. The Labute approximate surface area is 158 Å². The fourth-order valence-electron chi connectivity index (χ4n) is 3.23. The number of ether oxygens (including phenoxy) is 1. The van der Waals surface area contributed by atoms with Crippen LogP contribution in [0, 0.1) is 0 Å². The molecule has 4 rings (SSSR count). The van der Waals surface area contributed by atoms with E-state index >= 15 is 0 Å². The number of pyridine rings is 1. The summed E-state index contributed by atoms with van der Waals surface area (Å²) in [5, 5.41) is 3.76. The van der Waals surface area contributed by atoms with Gasteiger partial charge in [0.25, 0.3) is 0 Å². The number of benzene rings is 2. The van der Waals surface area contributed by atoms with E-state index in [4.69, 9.17) is 4.74 Å². The molecule has 4 heteroatoms. The van der Waals surface area contributed by atoms with Crippen molar-refractivity contribution in [2.24, 2.45) is 0 Å². The third-order valence-electron chi connectivity index (χ3n) is 4.44. The van der Waals surface area contributed by atoms with Gasteiger partial charge in [-0.1, -0.05) is 48.2 Å². The molecule has 0 N–H and O–H groups in total.